The molecule has 0 spiro atoms. The Balaban J connectivity index is 1.49. The lowest BCUT2D eigenvalue weighted by Crippen LogP contribution is -2.20. The molecule has 8 heteroatoms. The van der Waals surface area contributed by atoms with Crippen molar-refractivity contribution in [3.8, 4) is 5.69 Å². The molecule has 0 saturated heterocycles. The number of aryl methyl sites for hydroxylation is 1. The van der Waals surface area contributed by atoms with Crippen LogP contribution < -0.4 is 5.56 Å². The average molecular weight is 431 g/mol. The highest BCUT2D eigenvalue weighted by Gasteiger charge is 2.16. The lowest BCUT2D eigenvalue weighted by atomic mass is 10.0. The molecular weight excluding hydrogens is 408 g/mol. The van der Waals surface area contributed by atoms with E-state index in [1.165, 1.54) is 5.56 Å². The van der Waals surface area contributed by atoms with Crippen LogP contribution in [0, 0.1) is 0 Å². The molecule has 2 aromatic carbocycles. The second-order valence-electron chi connectivity index (χ2n) is 7.75. The first-order chi connectivity index (χ1) is 15.0. The summed E-state index contributed by atoms with van der Waals surface area (Å²) in [6.07, 6.45) is 3.77. The molecule has 31 heavy (non-hydrogen) atoms. The molecule has 156 valence electrons. The molecule has 0 unspecified atom stereocenters. The molecule has 0 aliphatic carbocycles. The van der Waals surface area contributed by atoms with Crippen LogP contribution in [0.3, 0.4) is 0 Å². The fourth-order valence-corrected chi connectivity index (χ4v) is 4.61. The van der Waals surface area contributed by atoms with Gasteiger partial charge in [0, 0.05) is 25.1 Å². The van der Waals surface area contributed by atoms with Gasteiger partial charge in [-0.3, -0.25) is 18.3 Å². The fraction of sp³-hybridized carbons (Fsp3) is 0.217. The lowest BCUT2D eigenvalue weighted by Gasteiger charge is -2.10. The molecule has 0 N–H and O–H groups in total. The summed E-state index contributed by atoms with van der Waals surface area (Å²) < 4.78 is 5.57. The van der Waals surface area contributed by atoms with Crippen LogP contribution in [-0.4, -0.2) is 28.7 Å². The minimum Gasteiger partial charge on any atom is -0.295 e. The van der Waals surface area contributed by atoms with Crippen molar-refractivity contribution in [2.75, 3.05) is 0 Å². The number of rotatable bonds is 5. The average Bonchev–Trinajstić information content (AvgIpc) is 3.43. The predicted molar refractivity (Wildman–Crippen MR) is 123 cm³/mol. The molecule has 0 aliphatic heterocycles. The Bertz CT molecular complexity index is 1450. The smallest absolute Gasteiger partial charge is 0.262 e. The largest absolute Gasteiger partial charge is 0.295 e. The Morgan fingerprint density at radius 2 is 1.81 bits per heavy atom. The minimum absolute atomic E-state index is 0.0740. The Kier molecular flexibility index (Phi) is 4.86. The van der Waals surface area contributed by atoms with E-state index in [2.05, 4.69) is 57.9 Å². The Morgan fingerprint density at radius 1 is 1.03 bits per heavy atom. The van der Waals surface area contributed by atoms with Gasteiger partial charge in [-0.15, -0.1) is 10.2 Å². The summed E-state index contributed by atoms with van der Waals surface area (Å²) in [7, 11) is 1.73. The molecule has 7 nitrogen and oxygen atoms in total. The van der Waals surface area contributed by atoms with Crippen LogP contribution in [0.2, 0.25) is 0 Å². The van der Waals surface area contributed by atoms with E-state index >= 15 is 0 Å². The van der Waals surface area contributed by atoms with E-state index in [1.54, 1.807) is 29.6 Å². The molecular formula is C23H22N6OS. The van der Waals surface area contributed by atoms with Crippen molar-refractivity contribution in [2.45, 2.75) is 30.7 Å². The Labute approximate surface area is 183 Å². The van der Waals surface area contributed by atoms with E-state index in [-0.39, 0.29) is 5.56 Å². The molecule has 0 fully saturated rings. The second kappa shape index (κ2) is 7.70. The molecule has 0 atom stereocenters. The van der Waals surface area contributed by atoms with Crippen molar-refractivity contribution in [2.24, 2.45) is 7.05 Å². The topological polar surface area (TPSA) is 70.0 Å². The molecule has 0 saturated carbocycles. The van der Waals surface area contributed by atoms with Crippen molar-refractivity contribution >= 4 is 28.4 Å². The second-order valence-corrected chi connectivity index (χ2v) is 8.69. The summed E-state index contributed by atoms with van der Waals surface area (Å²) in [4.78, 5) is 17.2. The van der Waals surface area contributed by atoms with E-state index in [9.17, 15) is 4.79 Å². The molecule has 3 heterocycles. The summed E-state index contributed by atoms with van der Waals surface area (Å²) in [5.41, 5.74) is 3.12. The number of hydrogen-bond acceptors (Lipinski definition) is 5. The number of thioether (sulfide) groups is 1. The number of para-hydroxylation sites is 1. The third-order valence-corrected chi connectivity index (χ3v) is 6.43. The summed E-state index contributed by atoms with van der Waals surface area (Å²) >= 11 is 1.59. The van der Waals surface area contributed by atoms with Gasteiger partial charge in [-0.2, -0.15) is 0 Å². The van der Waals surface area contributed by atoms with Crippen molar-refractivity contribution in [3.05, 3.63) is 82.7 Å². The number of fused-ring (bicyclic) bond motifs is 3. The highest BCUT2D eigenvalue weighted by atomic mass is 32.2. The number of benzene rings is 2. The SMILES string of the molecule is CC(C)c1ccc(-n2ccnc2SCc2nnc3n(C)c(=O)c4ccccc4n23)cc1. The summed E-state index contributed by atoms with van der Waals surface area (Å²) in [5.74, 6) is 2.38. The van der Waals surface area contributed by atoms with Gasteiger partial charge in [0.05, 0.1) is 16.7 Å². The van der Waals surface area contributed by atoms with Crippen LogP contribution in [-0.2, 0) is 12.8 Å². The first-order valence-electron chi connectivity index (χ1n) is 10.1. The Hall–Kier alpha value is -3.39. The van der Waals surface area contributed by atoms with Gasteiger partial charge < -0.3 is 0 Å². The van der Waals surface area contributed by atoms with Crippen LogP contribution in [0.1, 0.15) is 31.2 Å². The maximum absolute atomic E-state index is 12.6. The zero-order valence-electron chi connectivity index (χ0n) is 17.6. The number of aromatic nitrogens is 6. The van der Waals surface area contributed by atoms with Crippen LogP contribution in [0.4, 0.5) is 0 Å². The fourth-order valence-electron chi connectivity index (χ4n) is 3.73. The standard InChI is InChI=1S/C23H22N6OS/c1-15(2)16-8-10-17(11-9-16)28-13-12-24-23(28)31-14-20-25-26-22-27(3)21(30)18-6-4-5-7-19(18)29(20)22/h4-13,15H,14H2,1-3H3. The van der Waals surface area contributed by atoms with Gasteiger partial charge in [0.25, 0.3) is 5.56 Å². The summed E-state index contributed by atoms with van der Waals surface area (Å²) in [6, 6.07) is 16.1. The molecule has 5 aromatic rings. The van der Waals surface area contributed by atoms with Crippen molar-refractivity contribution in [3.63, 3.8) is 0 Å². The van der Waals surface area contributed by atoms with Gasteiger partial charge in [0.1, 0.15) is 5.82 Å². The summed E-state index contributed by atoms with van der Waals surface area (Å²) in [6.45, 7) is 4.38. The third kappa shape index (κ3) is 3.33. The van der Waals surface area contributed by atoms with Crippen LogP contribution in [0.5, 0.6) is 0 Å². The minimum atomic E-state index is -0.0740. The molecule has 0 radical (unpaired) electrons. The van der Waals surface area contributed by atoms with Crippen molar-refractivity contribution < 1.29 is 0 Å². The van der Waals surface area contributed by atoms with Crippen LogP contribution >= 0.6 is 11.8 Å². The van der Waals surface area contributed by atoms with E-state index in [0.29, 0.717) is 22.8 Å². The number of hydrogen-bond donors (Lipinski definition) is 0. The molecule has 0 bridgehead atoms. The zero-order chi connectivity index (χ0) is 21.5. The van der Waals surface area contributed by atoms with Crippen LogP contribution in [0.15, 0.2) is 70.9 Å². The van der Waals surface area contributed by atoms with Crippen LogP contribution in [0.25, 0.3) is 22.4 Å². The normalized spacial score (nSPS) is 11.7. The molecule has 0 amide bonds. The maximum Gasteiger partial charge on any atom is 0.262 e. The van der Waals surface area contributed by atoms with E-state index in [1.807, 2.05) is 34.9 Å². The lowest BCUT2D eigenvalue weighted by molar-refractivity contribution is 0.856. The number of imidazole rings is 1. The van der Waals surface area contributed by atoms with Gasteiger partial charge in [-0.25, -0.2) is 4.98 Å². The zero-order valence-corrected chi connectivity index (χ0v) is 18.4. The van der Waals surface area contributed by atoms with Crippen molar-refractivity contribution in [1.29, 1.82) is 0 Å². The number of nitrogens with zero attached hydrogens (tertiary/aromatic N) is 6. The van der Waals surface area contributed by atoms with E-state index in [0.717, 1.165) is 22.2 Å². The van der Waals surface area contributed by atoms with Gasteiger partial charge in [0.15, 0.2) is 5.16 Å². The van der Waals surface area contributed by atoms with Gasteiger partial charge >= 0.3 is 0 Å². The first kappa shape index (κ1) is 19.6. The Morgan fingerprint density at radius 3 is 2.58 bits per heavy atom. The van der Waals surface area contributed by atoms with Gasteiger partial charge in [0.2, 0.25) is 5.78 Å². The molecule has 0 aliphatic rings. The summed E-state index contributed by atoms with van der Waals surface area (Å²) in [5, 5.41) is 10.2. The molecule has 3 aromatic heterocycles. The first-order valence-corrected chi connectivity index (χ1v) is 11.1. The quantitative estimate of drug-likeness (QED) is 0.391. The highest BCUT2D eigenvalue weighted by Crippen LogP contribution is 2.26. The van der Waals surface area contributed by atoms with Gasteiger partial charge in [-0.1, -0.05) is 49.9 Å². The highest BCUT2D eigenvalue weighted by molar-refractivity contribution is 7.98. The van der Waals surface area contributed by atoms with E-state index in [4.69, 9.17) is 0 Å². The van der Waals surface area contributed by atoms with Crippen molar-refractivity contribution in [1.82, 2.24) is 28.7 Å². The van der Waals surface area contributed by atoms with Gasteiger partial charge in [-0.05, 0) is 35.7 Å². The monoisotopic (exact) mass is 430 g/mol. The predicted octanol–water partition coefficient (Wildman–Crippen LogP) is 4.18. The molecule has 5 rings (SSSR count). The maximum atomic E-state index is 12.6. The van der Waals surface area contributed by atoms with E-state index < -0.39 is 0 Å². The third-order valence-electron chi connectivity index (χ3n) is 5.47.